The zero-order valence-electron chi connectivity index (χ0n) is 7.10. The first-order valence-electron chi connectivity index (χ1n) is 3.77. The van der Waals surface area contributed by atoms with E-state index in [2.05, 4.69) is 0 Å². The van der Waals surface area contributed by atoms with E-state index in [0.29, 0.717) is 0 Å². The van der Waals surface area contributed by atoms with Gasteiger partial charge in [0.2, 0.25) is 0 Å². The van der Waals surface area contributed by atoms with E-state index in [1.165, 1.54) is 12.1 Å². The Kier molecular flexibility index (Phi) is 2.71. The third kappa shape index (κ3) is 2.22. The highest BCUT2D eigenvalue weighted by molar-refractivity contribution is 5.88. The predicted octanol–water partition coefficient (Wildman–Crippen LogP) is 0.718. The van der Waals surface area contributed by atoms with Crippen LogP contribution in [0.3, 0.4) is 0 Å². The number of hydrogen-bond acceptors (Lipinski definition) is 3. The van der Waals surface area contributed by atoms with Gasteiger partial charge in [0.25, 0.3) is 0 Å². The van der Waals surface area contributed by atoms with Gasteiger partial charge in [-0.2, -0.15) is 0 Å². The summed E-state index contributed by atoms with van der Waals surface area (Å²) in [6.07, 6.45) is -0.396. The van der Waals surface area contributed by atoms with Crippen LogP contribution >= 0.6 is 0 Å². The van der Waals surface area contributed by atoms with Crippen LogP contribution in [0, 0.1) is 0 Å². The van der Waals surface area contributed by atoms with Crippen LogP contribution in [-0.2, 0) is 11.2 Å². The predicted molar refractivity (Wildman–Crippen MR) is 46.4 cm³/mol. The van der Waals surface area contributed by atoms with Crippen molar-refractivity contribution in [1.29, 1.82) is 0 Å². The Morgan fingerprint density at radius 3 is 2.36 bits per heavy atom. The molecule has 14 heavy (non-hydrogen) atoms. The van der Waals surface area contributed by atoms with E-state index in [4.69, 9.17) is 10.2 Å². The summed E-state index contributed by atoms with van der Waals surface area (Å²) in [4.78, 5) is 20.9. The minimum absolute atomic E-state index is 0.0425. The highest BCUT2D eigenvalue weighted by Gasteiger charge is 2.10. The highest BCUT2D eigenvalue weighted by Crippen LogP contribution is 2.19. The van der Waals surface area contributed by atoms with E-state index in [-0.39, 0.29) is 16.9 Å². The Morgan fingerprint density at radius 2 is 1.86 bits per heavy atom. The highest BCUT2D eigenvalue weighted by atomic mass is 16.4. The average Bonchev–Trinajstić information content (AvgIpc) is 2.07. The number of phenolic OH excluding ortho intramolecular Hbond substituents is 1. The van der Waals surface area contributed by atoms with Crippen molar-refractivity contribution in [2.75, 3.05) is 0 Å². The van der Waals surface area contributed by atoms with Crippen LogP contribution in [0.2, 0.25) is 0 Å². The van der Waals surface area contributed by atoms with Gasteiger partial charge in [0.05, 0.1) is 12.0 Å². The first-order chi connectivity index (χ1) is 6.50. The molecule has 0 atom stereocenters. The van der Waals surface area contributed by atoms with Gasteiger partial charge < -0.3 is 15.3 Å². The normalized spacial score (nSPS) is 9.71. The molecule has 1 rings (SSSR count). The van der Waals surface area contributed by atoms with E-state index in [1.54, 1.807) is 0 Å². The fraction of sp³-hybridized carbons (Fsp3) is 0.111. The lowest BCUT2D eigenvalue weighted by molar-refractivity contribution is -0.136. The van der Waals surface area contributed by atoms with Crippen LogP contribution in [0.5, 0.6) is 5.75 Å². The van der Waals surface area contributed by atoms with E-state index < -0.39 is 18.4 Å². The molecule has 0 aromatic heterocycles. The maximum Gasteiger partial charge on any atom is 0.335 e. The third-order valence-electron chi connectivity index (χ3n) is 1.67. The lowest BCUT2D eigenvalue weighted by Gasteiger charge is -2.02. The summed E-state index contributed by atoms with van der Waals surface area (Å²) in [5.41, 5.74) is 0.0523. The number of aliphatic carboxylic acids is 1. The molecular weight excluding hydrogens is 188 g/mol. The van der Waals surface area contributed by atoms with Crippen molar-refractivity contribution in [1.82, 2.24) is 0 Å². The van der Waals surface area contributed by atoms with Crippen molar-refractivity contribution in [3.8, 4) is 5.75 Å². The van der Waals surface area contributed by atoms with Crippen LogP contribution in [0.4, 0.5) is 0 Å². The molecule has 5 nitrogen and oxygen atoms in total. The molecule has 0 unspecified atom stereocenters. The quantitative estimate of drug-likeness (QED) is 0.662. The van der Waals surface area contributed by atoms with Crippen LogP contribution in [-0.4, -0.2) is 27.3 Å². The molecule has 1 aromatic rings. The monoisotopic (exact) mass is 196 g/mol. The van der Waals surface area contributed by atoms with E-state index >= 15 is 0 Å². The van der Waals surface area contributed by atoms with Crippen molar-refractivity contribution in [2.24, 2.45) is 0 Å². The number of rotatable bonds is 3. The van der Waals surface area contributed by atoms with Crippen LogP contribution in [0.1, 0.15) is 15.9 Å². The molecule has 0 radical (unpaired) electrons. The summed E-state index contributed by atoms with van der Waals surface area (Å²) in [5, 5.41) is 26.3. The minimum Gasteiger partial charge on any atom is -0.508 e. The Hall–Kier alpha value is -2.04. The van der Waals surface area contributed by atoms with E-state index in [0.717, 1.165) is 6.07 Å². The van der Waals surface area contributed by atoms with E-state index in [1.807, 2.05) is 0 Å². The number of carbonyl (C=O) groups is 2. The molecule has 74 valence electrons. The van der Waals surface area contributed by atoms with Crippen molar-refractivity contribution >= 4 is 11.9 Å². The van der Waals surface area contributed by atoms with Gasteiger partial charge in [-0.05, 0) is 18.2 Å². The molecule has 0 aliphatic carbocycles. The number of hydrogen-bond donors (Lipinski definition) is 3. The summed E-state index contributed by atoms with van der Waals surface area (Å²) >= 11 is 0. The SMILES string of the molecule is O=C(O)Cc1cc(C(=O)O)ccc1O. The van der Waals surface area contributed by atoms with Crippen molar-refractivity contribution < 1.29 is 24.9 Å². The molecule has 3 N–H and O–H groups in total. The Morgan fingerprint density at radius 1 is 1.21 bits per heavy atom. The van der Waals surface area contributed by atoms with E-state index in [9.17, 15) is 14.7 Å². The van der Waals surface area contributed by atoms with Crippen LogP contribution in [0.25, 0.3) is 0 Å². The molecule has 0 spiro atoms. The Balaban J connectivity index is 3.08. The second-order valence-electron chi connectivity index (χ2n) is 2.72. The molecule has 0 amide bonds. The smallest absolute Gasteiger partial charge is 0.335 e. The lowest BCUT2D eigenvalue weighted by atomic mass is 10.1. The van der Waals surface area contributed by atoms with Gasteiger partial charge in [-0.15, -0.1) is 0 Å². The fourth-order valence-corrected chi connectivity index (χ4v) is 1.02. The molecule has 0 bridgehead atoms. The van der Waals surface area contributed by atoms with Crippen molar-refractivity contribution in [3.63, 3.8) is 0 Å². The average molecular weight is 196 g/mol. The first kappa shape index (κ1) is 10.0. The van der Waals surface area contributed by atoms with Gasteiger partial charge in [-0.25, -0.2) is 4.79 Å². The lowest BCUT2D eigenvalue weighted by Crippen LogP contribution is -2.03. The molecule has 0 saturated heterocycles. The maximum atomic E-state index is 10.5. The van der Waals surface area contributed by atoms with Crippen LogP contribution < -0.4 is 0 Å². The molecule has 0 fully saturated rings. The third-order valence-corrected chi connectivity index (χ3v) is 1.67. The van der Waals surface area contributed by atoms with Gasteiger partial charge in [0, 0.05) is 5.56 Å². The molecule has 5 heteroatoms. The summed E-state index contributed by atoms with van der Waals surface area (Å²) in [5.74, 6) is -2.49. The number of carboxylic acids is 2. The summed E-state index contributed by atoms with van der Waals surface area (Å²) in [6, 6.07) is 3.52. The molecule has 0 aliphatic rings. The van der Waals surface area contributed by atoms with Gasteiger partial charge in [-0.1, -0.05) is 0 Å². The first-order valence-corrected chi connectivity index (χ1v) is 3.77. The van der Waals surface area contributed by atoms with Gasteiger partial charge in [0.15, 0.2) is 0 Å². The maximum absolute atomic E-state index is 10.5. The molecule has 0 heterocycles. The Bertz CT molecular complexity index is 383. The molecule has 1 aromatic carbocycles. The molecule has 0 saturated carbocycles. The second-order valence-corrected chi connectivity index (χ2v) is 2.72. The minimum atomic E-state index is -1.16. The largest absolute Gasteiger partial charge is 0.508 e. The zero-order valence-corrected chi connectivity index (χ0v) is 7.10. The van der Waals surface area contributed by atoms with Gasteiger partial charge in [0.1, 0.15) is 5.75 Å². The Labute approximate surface area is 79.2 Å². The zero-order chi connectivity index (χ0) is 10.7. The molecular formula is C9H8O5. The number of benzene rings is 1. The van der Waals surface area contributed by atoms with Crippen molar-refractivity contribution in [2.45, 2.75) is 6.42 Å². The van der Waals surface area contributed by atoms with Gasteiger partial charge in [-0.3, -0.25) is 4.79 Å². The summed E-state index contributed by atoms with van der Waals surface area (Å²) in [7, 11) is 0. The van der Waals surface area contributed by atoms with Gasteiger partial charge >= 0.3 is 11.9 Å². The number of aromatic carboxylic acids is 1. The topological polar surface area (TPSA) is 94.8 Å². The number of phenols is 1. The van der Waals surface area contributed by atoms with Crippen LogP contribution in [0.15, 0.2) is 18.2 Å². The fourth-order valence-electron chi connectivity index (χ4n) is 1.02. The number of carboxylic acid groups (broad SMARTS) is 2. The molecule has 0 aliphatic heterocycles. The number of aromatic hydroxyl groups is 1. The second kappa shape index (κ2) is 3.78. The summed E-state index contributed by atoms with van der Waals surface area (Å²) in [6.45, 7) is 0. The standard InChI is InChI=1S/C9H8O5/c10-7-2-1-5(9(13)14)3-6(7)4-8(11)12/h1-3,10H,4H2,(H,11,12)(H,13,14). The van der Waals surface area contributed by atoms with Crippen molar-refractivity contribution in [3.05, 3.63) is 29.3 Å². The summed E-state index contributed by atoms with van der Waals surface area (Å²) < 4.78 is 0.